The summed E-state index contributed by atoms with van der Waals surface area (Å²) in [6.45, 7) is 7.69. The van der Waals surface area contributed by atoms with Crippen molar-refractivity contribution < 1.29 is 9.18 Å². The van der Waals surface area contributed by atoms with Crippen LogP contribution in [0.1, 0.15) is 51.6 Å². The van der Waals surface area contributed by atoms with Crippen molar-refractivity contribution in [3.63, 3.8) is 0 Å². The van der Waals surface area contributed by atoms with Crippen LogP contribution in [-0.2, 0) is 4.79 Å². The molecule has 0 bridgehead atoms. The number of likely N-dealkylation sites (tertiary alicyclic amines) is 1. The van der Waals surface area contributed by atoms with Crippen molar-refractivity contribution in [3.8, 4) is 17.2 Å². The van der Waals surface area contributed by atoms with Crippen LogP contribution in [0.15, 0.2) is 48.8 Å². The maximum Gasteiger partial charge on any atom is 0.250 e. The molecule has 6 nitrogen and oxygen atoms in total. The lowest BCUT2D eigenvalue weighted by Gasteiger charge is -2.34. The number of rotatable bonds is 4. The Kier molecular flexibility index (Phi) is 5.85. The quantitative estimate of drug-likeness (QED) is 0.617. The third-order valence-corrected chi connectivity index (χ3v) is 5.49. The van der Waals surface area contributed by atoms with Gasteiger partial charge in [-0.05, 0) is 54.7 Å². The highest BCUT2D eigenvalue weighted by Gasteiger charge is 2.30. The van der Waals surface area contributed by atoms with E-state index in [0.29, 0.717) is 18.9 Å². The predicted molar refractivity (Wildman–Crippen MR) is 117 cm³/mol. The summed E-state index contributed by atoms with van der Waals surface area (Å²) in [5.74, 6) is 0.528. The lowest BCUT2D eigenvalue weighted by atomic mass is 9.89. The highest BCUT2D eigenvalue weighted by atomic mass is 19.1. The van der Waals surface area contributed by atoms with Crippen LogP contribution < -0.4 is 0 Å². The van der Waals surface area contributed by atoms with E-state index < -0.39 is 0 Å². The van der Waals surface area contributed by atoms with Crippen molar-refractivity contribution in [1.29, 1.82) is 0 Å². The number of amides is 1. The molecule has 0 saturated carbocycles. The summed E-state index contributed by atoms with van der Waals surface area (Å²) in [6.07, 6.45) is 5.80. The van der Waals surface area contributed by atoms with E-state index in [-0.39, 0.29) is 23.1 Å². The van der Waals surface area contributed by atoms with Crippen molar-refractivity contribution >= 4 is 5.91 Å². The Balaban J connectivity index is 1.67. The molecule has 162 valence electrons. The summed E-state index contributed by atoms with van der Waals surface area (Å²) in [4.78, 5) is 23.6. The Morgan fingerprint density at radius 3 is 2.55 bits per heavy atom. The largest absolute Gasteiger partial charge is 0.342 e. The van der Waals surface area contributed by atoms with Gasteiger partial charge in [-0.25, -0.2) is 19.0 Å². The first-order valence-electron chi connectivity index (χ1n) is 10.7. The summed E-state index contributed by atoms with van der Waals surface area (Å²) in [7, 11) is 0. The molecule has 0 radical (unpaired) electrons. The van der Waals surface area contributed by atoms with Gasteiger partial charge in [0.1, 0.15) is 5.82 Å². The lowest BCUT2D eigenvalue weighted by molar-refractivity contribution is -0.134. The van der Waals surface area contributed by atoms with Gasteiger partial charge in [0.2, 0.25) is 5.91 Å². The van der Waals surface area contributed by atoms with E-state index in [1.54, 1.807) is 35.3 Å². The lowest BCUT2D eigenvalue weighted by Crippen LogP contribution is -2.40. The molecule has 1 saturated heterocycles. The molecule has 1 aliphatic rings. The molecule has 7 heteroatoms. The van der Waals surface area contributed by atoms with Crippen LogP contribution in [0, 0.1) is 11.2 Å². The molecule has 3 heterocycles. The number of piperidine rings is 1. The van der Waals surface area contributed by atoms with Crippen molar-refractivity contribution in [1.82, 2.24) is 24.6 Å². The monoisotopic (exact) mass is 421 g/mol. The third-order valence-electron chi connectivity index (χ3n) is 5.49. The van der Waals surface area contributed by atoms with E-state index >= 15 is 0 Å². The first kappa shape index (κ1) is 21.2. The minimum absolute atomic E-state index is 0.0422. The molecular formula is C24H28FN5O. The molecule has 1 atom stereocenters. The topological polar surface area (TPSA) is 63.9 Å². The molecular weight excluding hydrogens is 393 g/mol. The standard InChI is InChI=1S/C24H28FN5O/c1-24(2,3)15-22(31)29-13-4-6-18(16-29)21-14-20(17-7-9-19(25)10-8-17)28-30(21)23-26-11-5-12-27-23/h5,7-12,14,18H,4,6,13,15-16H2,1-3H3. The number of carbonyl (C=O) groups excluding carboxylic acids is 1. The molecule has 1 amide bonds. The van der Waals surface area contributed by atoms with Crippen LogP contribution in [0.5, 0.6) is 0 Å². The SMILES string of the molecule is CC(C)(C)CC(=O)N1CCCC(c2cc(-c3ccc(F)cc3)nn2-c2ncccn2)C1. The highest BCUT2D eigenvalue weighted by molar-refractivity contribution is 5.77. The molecule has 2 aromatic heterocycles. The molecule has 3 aromatic rings. The fraction of sp³-hybridized carbons (Fsp3) is 0.417. The van der Waals surface area contributed by atoms with Gasteiger partial charge >= 0.3 is 0 Å². The number of carbonyl (C=O) groups is 1. The van der Waals surface area contributed by atoms with Crippen LogP contribution in [-0.4, -0.2) is 43.6 Å². The van der Waals surface area contributed by atoms with Crippen LogP contribution >= 0.6 is 0 Å². The second kappa shape index (κ2) is 8.57. The van der Waals surface area contributed by atoms with Gasteiger partial charge in [-0.1, -0.05) is 20.8 Å². The smallest absolute Gasteiger partial charge is 0.250 e. The second-order valence-corrected chi connectivity index (χ2v) is 9.34. The fourth-order valence-electron chi connectivity index (χ4n) is 4.02. The van der Waals surface area contributed by atoms with Crippen molar-refractivity contribution in [2.75, 3.05) is 13.1 Å². The average Bonchev–Trinajstić information content (AvgIpc) is 3.19. The summed E-state index contributed by atoms with van der Waals surface area (Å²) < 4.78 is 15.2. The summed E-state index contributed by atoms with van der Waals surface area (Å²) in [6, 6.07) is 10.1. The zero-order valence-corrected chi connectivity index (χ0v) is 18.3. The summed E-state index contributed by atoms with van der Waals surface area (Å²) >= 11 is 0. The van der Waals surface area contributed by atoms with E-state index in [2.05, 4.69) is 30.7 Å². The predicted octanol–water partition coefficient (Wildman–Crippen LogP) is 4.61. The van der Waals surface area contributed by atoms with Gasteiger partial charge in [-0.2, -0.15) is 5.10 Å². The number of halogens is 1. The molecule has 1 aliphatic heterocycles. The van der Waals surface area contributed by atoms with Crippen LogP contribution in [0.2, 0.25) is 0 Å². The first-order valence-corrected chi connectivity index (χ1v) is 10.7. The summed E-state index contributed by atoms with van der Waals surface area (Å²) in [5.41, 5.74) is 2.49. The Hall–Kier alpha value is -3.09. The molecule has 1 aromatic carbocycles. The van der Waals surface area contributed by atoms with E-state index in [4.69, 9.17) is 5.10 Å². The van der Waals surface area contributed by atoms with Gasteiger partial charge in [-0.3, -0.25) is 4.79 Å². The van der Waals surface area contributed by atoms with Crippen molar-refractivity contribution in [3.05, 3.63) is 60.3 Å². The molecule has 0 N–H and O–H groups in total. The summed E-state index contributed by atoms with van der Waals surface area (Å²) in [5, 5.41) is 4.75. The molecule has 1 unspecified atom stereocenters. The third kappa shape index (κ3) is 4.98. The number of aromatic nitrogens is 4. The molecule has 0 spiro atoms. The molecule has 1 fully saturated rings. The Morgan fingerprint density at radius 2 is 1.87 bits per heavy atom. The van der Waals surface area contributed by atoms with E-state index in [0.717, 1.165) is 36.3 Å². The Morgan fingerprint density at radius 1 is 1.16 bits per heavy atom. The van der Waals surface area contributed by atoms with Crippen LogP contribution in [0.4, 0.5) is 4.39 Å². The maximum atomic E-state index is 13.4. The maximum absolute atomic E-state index is 13.4. The minimum atomic E-state index is -0.282. The van der Waals surface area contributed by atoms with Gasteiger partial charge < -0.3 is 4.90 Å². The van der Waals surface area contributed by atoms with E-state index in [1.807, 2.05) is 11.0 Å². The Bertz CT molecular complexity index is 1040. The second-order valence-electron chi connectivity index (χ2n) is 9.34. The van der Waals surface area contributed by atoms with Gasteiger partial charge in [0.25, 0.3) is 5.95 Å². The van der Waals surface area contributed by atoms with E-state index in [1.165, 1.54) is 12.1 Å². The van der Waals surface area contributed by atoms with Crippen molar-refractivity contribution in [2.45, 2.75) is 46.0 Å². The number of hydrogen-bond acceptors (Lipinski definition) is 4. The van der Waals surface area contributed by atoms with Gasteiger partial charge in [0.15, 0.2) is 0 Å². The number of benzene rings is 1. The Labute approximate surface area is 182 Å². The van der Waals surface area contributed by atoms with Gasteiger partial charge in [0, 0.05) is 43.4 Å². The molecule has 0 aliphatic carbocycles. The number of nitrogens with zero attached hydrogens (tertiary/aromatic N) is 5. The van der Waals surface area contributed by atoms with Crippen molar-refractivity contribution in [2.24, 2.45) is 5.41 Å². The van der Waals surface area contributed by atoms with Crippen LogP contribution in [0.25, 0.3) is 17.2 Å². The minimum Gasteiger partial charge on any atom is -0.342 e. The average molecular weight is 422 g/mol. The zero-order chi connectivity index (χ0) is 22.0. The normalized spacial score (nSPS) is 17.0. The highest BCUT2D eigenvalue weighted by Crippen LogP contribution is 2.32. The van der Waals surface area contributed by atoms with Gasteiger partial charge in [-0.15, -0.1) is 0 Å². The fourth-order valence-corrected chi connectivity index (χ4v) is 4.02. The van der Waals surface area contributed by atoms with Crippen LogP contribution in [0.3, 0.4) is 0 Å². The molecule has 31 heavy (non-hydrogen) atoms. The zero-order valence-electron chi connectivity index (χ0n) is 18.3. The number of hydrogen-bond donors (Lipinski definition) is 0. The van der Waals surface area contributed by atoms with Gasteiger partial charge in [0.05, 0.1) is 11.4 Å². The molecule has 4 rings (SSSR count). The first-order chi connectivity index (χ1) is 14.8. The van der Waals surface area contributed by atoms with E-state index in [9.17, 15) is 9.18 Å².